The number of benzene rings is 2. The van der Waals surface area contributed by atoms with Crippen LogP contribution < -0.4 is 9.47 Å². The van der Waals surface area contributed by atoms with E-state index in [-0.39, 0.29) is 47.3 Å². The molecule has 0 aliphatic carbocycles. The lowest BCUT2D eigenvalue weighted by atomic mass is 9.90. The van der Waals surface area contributed by atoms with Crippen LogP contribution in [0.25, 0.3) is 0 Å². The van der Waals surface area contributed by atoms with Gasteiger partial charge in [-0.05, 0) is 56.4 Å². The van der Waals surface area contributed by atoms with Crippen molar-refractivity contribution in [2.24, 2.45) is 5.92 Å². The molecule has 192 valence electrons. The maximum Gasteiger partial charge on any atom is 0.343 e. The first-order valence-electron chi connectivity index (χ1n) is 12.1. The fourth-order valence-electron chi connectivity index (χ4n) is 4.22. The van der Waals surface area contributed by atoms with Gasteiger partial charge < -0.3 is 18.9 Å². The Balaban J connectivity index is 2.19. The Morgan fingerprint density at radius 1 is 1.11 bits per heavy atom. The van der Waals surface area contributed by atoms with E-state index >= 15 is 0 Å². The molecule has 0 spiro atoms. The smallest absolute Gasteiger partial charge is 0.343 e. The van der Waals surface area contributed by atoms with E-state index in [9.17, 15) is 19.2 Å². The third-order valence-corrected chi connectivity index (χ3v) is 5.62. The molecular weight excluding hydrogens is 464 g/mol. The minimum Gasteiger partial charge on any atom is -0.458 e. The van der Waals surface area contributed by atoms with Crippen molar-refractivity contribution in [2.45, 2.75) is 73.5 Å². The van der Waals surface area contributed by atoms with Crippen LogP contribution in [0.1, 0.15) is 97.4 Å². The number of hydrogen-bond donors (Lipinski definition) is 0. The Labute approximate surface area is 210 Å². The van der Waals surface area contributed by atoms with Gasteiger partial charge in [0.25, 0.3) is 0 Å². The summed E-state index contributed by atoms with van der Waals surface area (Å²) in [7, 11) is 0. The molecule has 1 atom stereocenters. The number of fused-ring (bicyclic) bond motifs is 2. The Bertz CT molecular complexity index is 1190. The lowest BCUT2D eigenvalue weighted by molar-refractivity contribution is -0.147. The SMILES string of the molecule is CCCC(=O)Oc1cc(C)cc2c1Oc1ccc(C(CC(C)C)OC(C)=O)c(C(C)=O)c1C(=O)OC2. The zero-order valence-corrected chi connectivity index (χ0v) is 21.6. The number of hydrogen-bond acceptors (Lipinski definition) is 8. The fraction of sp³-hybridized carbons (Fsp3) is 0.429. The predicted octanol–water partition coefficient (Wildman–Crippen LogP) is 6.02. The van der Waals surface area contributed by atoms with Gasteiger partial charge >= 0.3 is 17.9 Å². The van der Waals surface area contributed by atoms with Crippen molar-refractivity contribution < 1.29 is 38.1 Å². The van der Waals surface area contributed by atoms with Crippen LogP contribution >= 0.6 is 0 Å². The highest BCUT2D eigenvalue weighted by Gasteiger charge is 2.32. The largest absolute Gasteiger partial charge is 0.458 e. The summed E-state index contributed by atoms with van der Waals surface area (Å²) in [5.41, 5.74) is 1.75. The van der Waals surface area contributed by atoms with Crippen LogP contribution in [0.4, 0.5) is 0 Å². The number of Topliss-reactive ketones (excluding diaryl/α,β-unsaturated/α-hetero) is 1. The average molecular weight is 497 g/mol. The molecule has 0 bridgehead atoms. The molecule has 1 heterocycles. The van der Waals surface area contributed by atoms with Gasteiger partial charge in [0, 0.05) is 30.0 Å². The molecule has 1 unspecified atom stereocenters. The van der Waals surface area contributed by atoms with Gasteiger partial charge in [-0.1, -0.05) is 26.8 Å². The van der Waals surface area contributed by atoms with Crippen LogP contribution in [0, 0.1) is 12.8 Å². The van der Waals surface area contributed by atoms with Crippen molar-refractivity contribution in [1.82, 2.24) is 0 Å². The quantitative estimate of drug-likeness (QED) is 0.248. The monoisotopic (exact) mass is 496 g/mol. The summed E-state index contributed by atoms with van der Waals surface area (Å²) in [4.78, 5) is 50.1. The third-order valence-electron chi connectivity index (χ3n) is 5.62. The molecule has 2 aromatic rings. The van der Waals surface area contributed by atoms with Crippen molar-refractivity contribution in [3.8, 4) is 17.2 Å². The molecule has 0 amide bonds. The van der Waals surface area contributed by atoms with E-state index in [2.05, 4.69) is 0 Å². The molecule has 1 aliphatic rings. The minimum absolute atomic E-state index is 0.0574. The predicted molar refractivity (Wildman–Crippen MR) is 131 cm³/mol. The first-order valence-corrected chi connectivity index (χ1v) is 12.1. The van der Waals surface area contributed by atoms with E-state index < -0.39 is 29.8 Å². The Kier molecular flexibility index (Phi) is 8.50. The van der Waals surface area contributed by atoms with Crippen LogP contribution in [-0.4, -0.2) is 23.7 Å². The van der Waals surface area contributed by atoms with Crippen molar-refractivity contribution in [2.75, 3.05) is 0 Å². The number of ketones is 1. The number of aryl methyl sites for hydroxylation is 1. The van der Waals surface area contributed by atoms with Gasteiger partial charge in [-0.3, -0.25) is 14.4 Å². The van der Waals surface area contributed by atoms with E-state index in [1.54, 1.807) is 24.3 Å². The molecule has 0 aromatic heterocycles. The maximum atomic E-state index is 13.2. The maximum absolute atomic E-state index is 13.2. The Morgan fingerprint density at radius 2 is 1.83 bits per heavy atom. The number of carbonyl (C=O) groups excluding carboxylic acids is 4. The molecule has 0 saturated carbocycles. The van der Waals surface area contributed by atoms with Crippen LogP contribution in [-0.2, 0) is 25.7 Å². The highest BCUT2D eigenvalue weighted by Crippen LogP contribution is 2.43. The summed E-state index contributed by atoms with van der Waals surface area (Å²) < 4.78 is 22.8. The Morgan fingerprint density at radius 3 is 2.44 bits per heavy atom. The minimum atomic E-state index is -0.736. The van der Waals surface area contributed by atoms with E-state index in [0.29, 0.717) is 24.0 Å². The number of carbonyl (C=O) groups is 4. The van der Waals surface area contributed by atoms with E-state index in [4.69, 9.17) is 18.9 Å². The molecular formula is C28H32O8. The van der Waals surface area contributed by atoms with Crippen molar-refractivity contribution in [3.05, 3.63) is 52.1 Å². The van der Waals surface area contributed by atoms with Gasteiger partial charge in [0.2, 0.25) is 0 Å². The van der Waals surface area contributed by atoms with Crippen molar-refractivity contribution in [1.29, 1.82) is 0 Å². The second-order valence-electron chi connectivity index (χ2n) is 9.34. The highest BCUT2D eigenvalue weighted by atomic mass is 16.6. The molecule has 3 rings (SSSR count). The van der Waals surface area contributed by atoms with Gasteiger partial charge in [-0.25, -0.2) is 4.79 Å². The molecule has 0 saturated heterocycles. The van der Waals surface area contributed by atoms with E-state index in [1.165, 1.54) is 13.8 Å². The van der Waals surface area contributed by atoms with Crippen LogP contribution in [0.15, 0.2) is 24.3 Å². The van der Waals surface area contributed by atoms with Gasteiger partial charge in [0.05, 0.1) is 0 Å². The van der Waals surface area contributed by atoms with Crippen LogP contribution in [0.2, 0.25) is 0 Å². The molecule has 1 aliphatic heterocycles. The van der Waals surface area contributed by atoms with Gasteiger partial charge in [0.15, 0.2) is 17.3 Å². The first-order chi connectivity index (χ1) is 17.0. The lowest BCUT2D eigenvalue weighted by Gasteiger charge is -2.26. The summed E-state index contributed by atoms with van der Waals surface area (Å²) in [6.07, 6.45) is 0.581. The molecule has 8 nitrogen and oxygen atoms in total. The first kappa shape index (κ1) is 26.9. The van der Waals surface area contributed by atoms with E-state index in [1.807, 2.05) is 27.7 Å². The third kappa shape index (κ3) is 6.11. The highest BCUT2D eigenvalue weighted by molar-refractivity contribution is 6.08. The number of ether oxygens (including phenoxy) is 4. The summed E-state index contributed by atoms with van der Waals surface area (Å²) >= 11 is 0. The summed E-state index contributed by atoms with van der Waals surface area (Å²) in [6, 6.07) is 6.62. The second kappa shape index (κ2) is 11.4. The van der Waals surface area contributed by atoms with Crippen LogP contribution in [0.3, 0.4) is 0 Å². The van der Waals surface area contributed by atoms with Crippen LogP contribution in [0.5, 0.6) is 17.2 Å². The average Bonchev–Trinajstić information content (AvgIpc) is 2.76. The lowest BCUT2D eigenvalue weighted by Crippen LogP contribution is -2.20. The molecule has 8 heteroatoms. The molecule has 2 aromatic carbocycles. The van der Waals surface area contributed by atoms with Crippen molar-refractivity contribution >= 4 is 23.7 Å². The molecule has 36 heavy (non-hydrogen) atoms. The van der Waals surface area contributed by atoms with Gasteiger partial charge in [-0.2, -0.15) is 0 Å². The fourth-order valence-corrected chi connectivity index (χ4v) is 4.22. The normalized spacial score (nSPS) is 13.4. The molecule has 0 fully saturated rings. The molecule has 0 radical (unpaired) electrons. The van der Waals surface area contributed by atoms with Crippen molar-refractivity contribution in [3.63, 3.8) is 0 Å². The zero-order valence-electron chi connectivity index (χ0n) is 21.6. The number of rotatable bonds is 8. The molecule has 0 N–H and O–H groups in total. The van der Waals surface area contributed by atoms with Gasteiger partial charge in [-0.15, -0.1) is 0 Å². The second-order valence-corrected chi connectivity index (χ2v) is 9.34. The number of esters is 3. The Hall–Kier alpha value is -3.68. The standard InChI is InChI=1S/C28H32O8/c1-7-8-24(31)35-23-13-16(4)12-19-14-33-28(32)26-21(36-27(19)23)10-9-20(25(26)17(5)29)22(11-15(2)3)34-18(6)30/h9-10,12-13,15,22H,7-8,11,14H2,1-6H3. The topological polar surface area (TPSA) is 105 Å². The summed E-state index contributed by atoms with van der Waals surface area (Å²) in [5, 5.41) is 0. The summed E-state index contributed by atoms with van der Waals surface area (Å²) in [6.45, 7) is 10.1. The summed E-state index contributed by atoms with van der Waals surface area (Å²) in [5.74, 6) is -1.37. The van der Waals surface area contributed by atoms with Gasteiger partial charge in [0.1, 0.15) is 24.0 Å². The van der Waals surface area contributed by atoms with E-state index in [0.717, 1.165) is 5.56 Å². The zero-order chi connectivity index (χ0) is 26.6. The number of cyclic esters (lactones) is 1.